The molecule has 0 amide bonds. The minimum atomic E-state index is -0.110. The first kappa shape index (κ1) is 9.01. The number of hydrogen-bond donors (Lipinski definition) is 1. The predicted octanol–water partition coefficient (Wildman–Crippen LogP) is 1.10. The summed E-state index contributed by atoms with van der Waals surface area (Å²) in [6.07, 6.45) is 0.784. The van der Waals surface area contributed by atoms with Crippen LogP contribution < -0.4 is 0 Å². The second kappa shape index (κ2) is 2.76. The highest BCUT2D eigenvalue weighted by atomic mass is 16.3. The van der Waals surface area contributed by atoms with Crippen LogP contribution in [0.2, 0.25) is 0 Å². The normalized spacial score (nSPS) is 39.0. The molecule has 1 heterocycles. The summed E-state index contributed by atoms with van der Waals surface area (Å²) in [5.41, 5.74) is 0.173. The van der Waals surface area contributed by atoms with Crippen molar-refractivity contribution in [3.8, 4) is 0 Å². The van der Waals surface area contributed by atoms with E-state index in [9.17, 15) is 5.11 Å². The van der Waals surface area contributed by atoms with Gasteiger partial charge in [-0.25, -0.2) is 0 Å². The van der Waals surface area contributed by atoms with Gasteiger partial charge in [-0.2, -0.15) is 0 Å². The van der Waals surface area contributed by atoms with Gasteiger partial charge in [0.25, 0.3) is 0 Å². The Labute approximate surface area is 69.2 Å². The highest BCUT2D eigenvalue weighted by molar-refractivity contribution is 4.90. The summed E-state index contributed by atoms with van der Waals surface area (Å²) in [5.74, 6) is 0.424. The van der Waals surface area contributed by atoms with Crippen LogP contribution in [0.1, 0.15) is 27.2 Å². The molecule has 2 nitrogen and oxygen atoms in total. The summed E-state index contributed by atoms with van der Waals surface area (Å²) in [7, 11) is 2.13. The van der Waals surface area contributed by atoms with Crippen LogP contribution in [-0.2, 0) is 0 Å². The molecule has 1 saturated heterocycles. The molecule has 0 saturated carbocycles. The fraction of sp³-hybridized carbons (Fsp3) is 1.00. The Kier molecular flexibility index (Phi) is 2.26. The summed E-state index contributed by atoms with van der Waals surface area (Å²) >= 11 is 0. The predicted molar refractivity (Wildman–Crippen MR) is 46.5 cm³/mol. The van der Waals surface area contributed by atoms with Gasteiger partial charge < -0.3 is 10.0 Å². The topological polar surface area (TPSA) is 23.5 Å². The summed E-state index contributed by atoms with van der Waals surface area (Å²) in [6.45, 7) is 7.48. The highest BCUT2D eigenvalue weighted by Gasteiger charge is 2.35. The van der Waals surface area contributed by atoms with Crippen molar-refractivity contribution in [2.45, 2.75) is 38.8 Å². The van der Waals surface area contributed by atoms with Crippen LogP contribution in [0.3, 0.4) is 0 Å². The molecule has 0 aromatic rings. The molecule has 1 rings (SSSR count). The molecule has 0 unspecified atom stereocenters. The number of aliphatic hydroxyl groups is 1. The molecule has 11 heavy (non-hydrogen) atoms. The number of hydrogen-bond acceptors (Lipinski definition) is 2. The Hall–Kier alpha value is -0.0800. The molecule has 2 atom stereocenters. The van der Waals surface area contributed by atoms with Crippen LogP contribution in [0.25, 0.3) is 0 Å². The van der Waals surface area contributed by atoms with Crippen molar-refractivity contribution < 1.29 is 5.11 Å². The highest BCUT2D eigenvalue weighted by Crippen LogP contribution is 2.28. The van der Waals surface area contributed by atoms with Crippen molar-refractivity contribution in [2.75, 3.05) is 13.6 Å². The van der Waals surface area contributed by atoms with Crippen LogP contribution in [-0.4, -0.2) is 35.2 Å². The van der Waals surface area contributed by atoms with Gasteiger partial charge in [-0.1, -0.05) is 6.92 Å². The molecular formula is C9H19NO. The maximum atomic E-state index is 9.60. The number of piperidine rings is 1. The van der Waals surface area contributed by atoms with Gasteiger partial charge in [0, 0.05) is 12.1 Å². The SMILES string of the molecule is C[C@@H]1CN(C)C(C)(C)C[C@H]1O. The van der Waals surface area contributed by atoms with Crippen LogP contribution in [0.5, 0.6) is 0 Å². The summed E-state index contributed by atoms with van der Waals surface area (Å²) in [4.78, 5) is 2.32. The van der Waals surface area contributed by atoms with Gasteiger partial charge in [0.05, 0.1) is 6.10 Å². The van der Waals surface area contributed by atoms with E-state index in [4.69, 9.17) is 0 Å². The number of aliphatic hydroxyl groups excluding tert-OH is 1. The molecule has 2 heteroatoms. The average molecular weight is 157 g/mol. The Morgan fingerprint density at radius 3 is 2.45 bits per heavy atom. The zero-order valence-corrected chi connectivity index (χ0v) is 7.96. The van der Waals surface area contributed by atoms with Gasteiger partial charge in [0.2, 0.25) is 0 Å². The Morgan fingerprint density at radius 2 is 2.00 bits per heavy atom. The van der Waals surface area contributed by atoms with Gasteiger partial charge in [-0.3, -0.25) is 0 Å². The average Bonchev–Trinajstić information content (AvgIpc) is 1.83. The lowest BCUT2D eigenvalue weighted by Crippen LogP contribution is -2.52. The monoisotopic (exact) mass is 157 g/mol. The van der Waals surface area contributed by atoms with Crippen molar-refractivity contribution in [1.82, 2.24) is 4.90 Å². The smallest absolute Gasteiger partial charge is 0.0595 e. The maximum absolute atomic E-state index is 9.60. The molecule has 0 aromatic heterocycles. The van der Waals surface area contributed by atoms with E-state index >= 15 is 0 Å². The van der Waals surface area contributed by atoms with Gasteiger partial charge in [-0.05, 0) is 33.2 Å². The molecule has 0 spiro atoms. The zero-order valence-electron chi connectivity index (χ0n) is 7.96. The van der Waals surface area contributed by atoms with E-state index in [1.807, 2.05) is 0 Å². The van der Waals surface area contributed by atoms with E-state index in [0.717, 1.165) is 13.0 Å². The van der Waals surface area contributed by atoms with E-state index < -0.39 is 0 Å². The summed E-state index contributed by atoms with van der Waals surface area (Å²) in [6, 6.07) is 0. The lowest BCUT2D eigenvalue weighted by atomic mass is 9.84. The molecule has 1 N–H and O–H groups in total. The van der Waals surface area contributed by atoms with E-state index in [1.54, 1.807) is 0 Å². The minimum Gasteiger partial charge on any atom is -0.393 e. The fourth-order valence-corrected chi connectivity index (χ4v) is 1.67. The molecule has 1 fully saturated rings. The molecule has 0 bridgehead atoms. The summed E-state index contributed by atoms with van der Waals surface area (Å²) in [5, 5.41) is 9.60. The van der Waals surface area contributed by atoms with Gasteiger partial charge in [-0.15, -0.1) is 0 Å². The lowest BCUT2D eigenvalue weighted by Gasteiger charge is -2.45. The van der Waals surface area contributed by atoms with Crippen molar-refractivity contribution in [2.24, 2.45) is 5.92 Å². The lowest BCUT2D eigenvalue weighted by molar-refractivity contribution is -0.0242. The van der Waals surface area contributed by atoms with Crippen molar-refractivity contribution >= 4 is 0 Å². The van der Waals surface area contributed by atoms with Gasteiger partial charge in [0.15, 0.2) is 0 Å². The first-order chi connectivity index (χ1) is 4.93. The molecule has 0 aliphatic carbocycles. The Balaban J connectivity index is 2.63. The number of nitrogens with zero attached hydrogens (tertiary/aromatic N) is 1. The maximum Gasteiger partial charge on any atom is 0.0595 e. The minimum absolute atomic E-state index is 0.110. The quantitative estimate of drug-likeness (QED) is 0.569. The Bertz CT molecular complexity index is 144. The molecule has 1 aliphatic heterocycles. The molecular weight excluding hydrogens is 138 g/mol. The number of rotatable bonds is 0. The van der Waals surface area contributed by atoms with Crippen molar-refractivity contribution in [3.63, 3.8) is 0 Å². The second-order valence-electron chi connectivity index (χ2n) is 4.44. The number of likely N-dealkylation sites (tertiary alicyclic amines) is 1. The first-order valence-electron chi connectivity index (χ1n) is 4.33. The van der Waals surface area contributed by atoms with Gasteiger partial charge in [0.1, 0.15) is 0 Å². The first-order valence-corrected chi connectivity index (χ1v) is 4.33. The van der Waals surface area contributed by atoms with E-state index in [1.165, 1.54) is 0 Å². The standard InChI is InChI=1S/C9H19NO/c1-7-6-10(4)9(2,3)5-8(7)11/h7-8,11H,5-6H2,1-4H3/t7-,8-/m1/s1. The molecule has 1 aliphatic rings. The fourth-order valence-electron chi connectivity index (χ4n) is 1.67. The van der Waals surface area contributed by atoms with Crippen LogP contribution in [0, 0.1) is 5.92 Å². The van der Waals surface area contributed by atoms with Crippen molar-refractivity contribution in [1.29, 1.82) is 0 Å². The van der Waals surface area contributed by atoms with Crippen LogP contribution >= 0.6 is 0 Å². The van der Waals surface area contributed by atoms with Gasteiger partial charge >= 0.3 is 0 Å². The Morgan fingerprint density at radius 1 is 1.45 bits per heavy atom. The van der Waals surface area contributed by atoms with E-state index in [2.05, 4.69) is 32.7 Å². The molecule has 66 valence electrons. The van der Waals surface area contributed by atoms with Crippen LogP contribution in [0.15, 0.2) is 0 Å². The zero-order chi connectivity index (χ0) is 8.65. The third kappa shape index (κ3) is 1.74. The van der Waals surface area contributed by atoms with Crippen molar-refractivity contribution in [3.05, 3.63) is 0 Å². The molecule has 0 aromatic carbocycles. The largest absolute Gasteiger partial charge is 0.393 e. The summed E-state index contributed by atoms with van der Waals surface area (Å²) < 4.78 is 0. The third-order valence-corrected chi connectivity index (χ3v) is 2.96. The van der Waals surface area contributed by atoms with E-state index in [0.29, 0.717) is 5.92 Å². The van der Waals surface area contributed by atoms with E-state index in [-0.39, 0.29) is 11.6 Å². The van der Waals surface area contributed by atoms with Crippen LogP contribution in [0.4, 0.5) is 0 Å². The third-order valence-electron chi connectivity index (χ3n) is 2.96. The molecule has 0 radical (unpaired) electrons. The second-order valence-corrected chi connectivity index (χ2v) is 4.44.